The van der Waals surface area contributed by atoms with Crippen LogP contribution in [-0.2, 0) is 14.2 Å². The lowest BCUT2D eigenvalue weighted by Crippen LogP contribution is -2.39. The highest BCUT2D eigenvalue weighted by molar-refractivity contribution is 5.85. The number of halogens is 6. The van der Waals surface area contributed by atoms with Gasteiger partial charge in [-0.3, -0.25) is 0 Å². The highest BCUT2D eigenvalue weighted by atomic mass is 35.5. The Labute approximate surface area is 229 Å². The number of amides is 2. The van der Waals surface area contributed by atoms with E-state index in [-0.39, 0.29) is 62.2 Å². The van der Waals surface area contributed by atoms with Gasteiger partial charge in [-0.25, -0.2) is 14.4 Å². The number of ether oxygens (including phenoxy) is 3. The zero-order chi connectivity index (χ0) is 29.0. The topological polar surface area (TPSA) is 149 Å². The van der Waals surface area contributed by atoms with E-state index in [0.29, 0.717) is 0 Å². The summed E-state index contributed by atoms with van der Waals surface area (Å²) in [6.07, 6.45) is -3.68. The van der Waals surface area contributed by atoms with Crippen molar-refractivity contribution in [2.24, 2.45) is 5.73 Å². The summed E-state index contributed by atoms with van der Waals surface area (Å²) in [7, 11) is 0. The largest absolute Gasteiger partial charge is 0.483 e. The molecule has 0 saturated heterocycles. The maximum absolute atomic E-state index is 11.1. The molecule has 0 heterocycles. The zero-order valence-electron chi connectivity index (χ0n) is 23.0. The number of nitrogens with two attached hydrogens (primary N) is 1. The van der Waals surface area contributed by atoms with Crippen molar-refractivity contribution in [2.45, 2.75) is 105 Å². The van der Waals surface area contributed by atoms with Crippen LogP contribution < -0.4 is 16.4 Å². The number of alkyl carbamates (subject to hydrolysis) is 2. The van der Waals surface area contributed by atoms with Gasteiger partial charge in [0.05, 0.1) is 19.3 Å². The number of alkyl halides is 2. The second-order valence-corrected chi connectivity index (χ2v) is 9.33. The third kappa shape index (κ3) is 65.9. The van der Waals surface area contributed by atoms with E-state index in [1.54, 1.807) is 34.6 Å². The number of hydrogen-bond acceptors (Lipinski definition) is 8. The number of aliphatic hydroxyl groups excluding tert-OH is 1. The summed E-state index contributed by atoms with van der Waals surface area (Å²) < 4.78 is 55.4. The molecule has 10 nitrogen and oxygen atoms in total. The molecule has 2 atom stereocenters. The first-order valence-electron chi connectivity index (χ1n) is 10.6. The van der Waals surface area contributed by atoms with Crippen LogP contribution in [-0.4, -0.2) is 72.7 Å². The zero-order valence-corrected chi connectivity index (χ0v) is 24.7. The highest BCUT2D eigenvalue weighted by Crippen LogP contribution is 2.07. The second-order valence-electron chi connectivity index (χ2n) is 9.33. The smallest absolute Gasteiger partial charge is 0.444 e. The van der Waals surface area contributed by atoms with Gasteiger partial charge in [-0.15, -0.1) is 33.6 Å². The average Bonchev–Trinajstić information content (AvgIpc) is 2.56. The fourth-order valence-electron chi connectivity index (χ4n) is 1.32. The molecule has 0 aliphatic carbocycles. The number of nitrogens with one attached hydrogen (secondary N) is 2. The summed E-state index contributed by atoms with van der Waals surface area (Å²) in [6.45, 7) is 15.1. The predicted octanol–water partition coefficient (Wildman–Crippen LogP) is 5.27. The molecular weight excluding hydrogens is 553 g/mol. The van der Waals surface area contributed by atoms with Gasteiger partial charge in [-0.05, 0) is 69.2 Å². The maximum atomic E-state index is 11.1. The molecule has 0 bridgehead atoms. The van der Waals surface area contributed by atoms with Crippen LogP contribution >= 0.6 is 24.8 Å². The van der Waals surface area contributed by atoms with Crippen molar-refractivity contribution in [2.75, 3.05) is 13.2 Å². The molecule has 37 heavy (non-hydrogen) atoms. The van der Waals surface area contributed by atoms with Crippen LogP contribution in [0.3, 0.4) is 0 Å². The van der Waals surface area contributed by atoms with Crippen molar-refractivity contribution < 1.29 is 51.3 Å². The molecule has 0 aromatic rings. The molecule has 0 saturated carbocycles. The molecule has 16 heteroatoms. The van der Waals surface area contributed by atoms with Crippen molar-refractivity contribution in [3.8, 4) is 0 Å². The molecule has 0 spiro atoms. The Kier molecular flexibility index (Phi) is 34.1. The Hall–Kier alpha value is -1.61. The molecule has 0 fully saturated rings. The van der Waals surface area contributed by atoms with Gasteiger partial charge >= 0.3 is 25.1 Å². The van der Waals surface area contributed by atoms with Gasteiger partial charge in [-0.1, -0.05) is 0 Å². The van der Waals surface area contributed by atoms with Gasteiger partial charge in [0.1, 0.15) is 11.2 Å². The summed E-state index contributed by atoms with van der Waals surface area (Å²) in [5, 5.41) is 13.7. The van der Waals surface area contributed by atoms with Crippen molar-refractivity contribution in [3.63, 3.8) is 0 Å². The van der Waals surface area contributed by atoms with E-state index in [1.807, 2.05) is 34.6 Å². The minimum Gasteiger partial charge on any atom is -0.444 e. The second kappa shape index (κ2) is 26.0. The van der Waals surface area contributed by atoms with Gasteiger partial charge in [0.15, 0.2) is 0 Å². The van der Waals surface area contributed by atoms with Gasteiger partial charge in [-0.2, -0.15) is 8.78 Å². The van der Waals surface area contributed by atoms with E-state index in [2.05, 4.69) is 15.4 Å². The first kappa shape index (κ1) is 48.5. The number of rotatable bonds is 6. The fourth-order valence-corrected chi connectivity index (χ4v) is 1.32. The number of hydrogen-bond donors (Lipinski definition) is 4. The molecule has 0 aliphatic heterocycles. The van der Waals surface area contributed by atoms with E-state index in [9.17, 15) is 27.2 Å². The lowest BCUT2D eigenvalue weighted by molar-refractivity contribution is -0.131. The van der Waals surface area contributed by atoms with E-state index in [4.69, 9.17) is 25.1 Å². The Morgan fingerprint density at radius 2 is 1.16 bits per heavy atom. The van der Waals surface area contributed by atoms with E-state index >= 15 is 0 Å². The highest BCUT2D eigenvalue weighted by Gasteiger charge is 2.17. The Bertz CT molecular complexity index is 567. The summed E-state index contributed by atoms with van der Waals surface area (Å²) in [6, 6.07) is -0.450. The van der Waals surface area contributed by atoms with Crippen molar-refractivity contribution >= 4 is 43.3 Å². The molecule has 0 aromatic heterocycles. The van der Waals surface area contributed by atoms with Crippen LogP contribution in [0.25, 0.3) is 0 Å². The number of carbonyl (C=O) groups is 3. The number of carbonyl (C=O) groups excluding carboxylic acids is 3. The van der Waals surface area contributed by atoms with Crippen LogP contribution in [0.1, 0.15) is 69.2 Å². The van der Waals surface area contributed by atoms with E-state index in [1.165, 1.54) is 0 Å². The fraction of sp³-hybridized carbons (Fsp3) is 0.857. The minimum atomic E-state index is -2.83. The Morgan fingerprint density at radius 1 is 0.838 bits per heavy atom. The SMILES string of the molecule is CC(C)NC(=O)OC(C)(C)C.C[C@@H](CO)NC(=O)OC(C)(C)C.C[C@H](N)COC(F)F.Cl.Cl.O=C(F)F. The first-order chi connectivity index (χ1) is 15.5. The van der Waals surface area contributed by atoms with Gasteiger partial charge < -0.3 is 35.7 Å². The third-order valence-electron chi connectivity index (χ3n) is 2.33. The lowest BCUT2D eigenvalue weighted by atomic mass is 10.2. The molecular formula is C21H45Cl2F4N3O7. The van der Waals surface area contributed by atoms with Gasteiger partial charge in [0, 0.05) is 12.1 Å². The molecule has 0 radical (unpaired) electrons. The Balaban J connectivity index is -0.0000000897. The van der Waals surface area contributed by atoms with Crippen LogP contribution in [0.5, 0.6) is 0 Å². The van der Waals surface area contributed by atoms with E-state index < -0.39 is 30.2 Å². The van der Waals surface area contributed by atoms with Crippen LogP contribution in [0.15, 0.2) is 0 Å². The quantitative estimate of drug-likeness (QED) is 0.239. The summed E-state index contributed by atoms with van der Waals surface area (Å²) in [5.74, 6) is 0. The summed E-state index contributed by atoms with van der Waals surface area (Å²) in [5.41, 5.74) is 4.19. The monoisotopic (exact) mass is 597 g/mol. The van der Waals surface area contributed by atoms with Crippen molar-refractivity contribution in [1.29, 1.82) is 0 Å². The molecule has 2 amide bonds. The Morgan fingerprint density at radius 3 is 1.35 bits per heavy atom. The van der Waals surface area contributed by atoms with E-state index in [0.717, 1.165) is 0 Å². The van der Waals surface area contributed by atoms with Crippen LogP contribution in [0, 0.1) is 0 Å². The average molecular weight is 599 g/mol. The van der Waals surface area contributed by atoms with Crippen LogP contribution in [0.4, 0.5) is 31.9 Å². The maximum Gasteiger partial charge on any atom is 0.483 e. The normalized spacial score (nSPS) is 11.7. The molecule has 0 aliphatic rings. The molecule has 0 unspecified atom stereocenters. The van der Waals surface area contributed by atoms with Crippen molar-refractivity contribution in [1.82, 2.24) is 10.6 Å². The molecule has 0 aromatic carbocycles. The van der Waals surface area contributed by atoms with Crippen molar-refractivity contribution in [3.05, 3.63) is 0 Å². The molecule has 228 valence electrons. The number of aliphatic hydroxyl groups is 1. The van der Waals surface area contributed by atoms with Gasteiger partial charge in [0.2, 0.25) is 0 Å². The summed E-state index contributed by atoms with van der Waals surface area (Å²) in [4.78, 5) is 30.0. The summed E-state index contributed by atoms with van der Waals surface area (Å²) >= 11 is 0. The standard InChI is InChI=1S/C8H17NO3.C8H17NO2.C4H9F2NO.CF2O.2ClH/c1-6(5-10)9-7(11)12-8(2,3)4;1-6(2)9-7(10)11-8(3,4)5;1-3(7)2-8-4(5)6;2-1(3)4;;/h6,10H,5H2,1-4H3,(H,9,11);6H,1-5H3,(H,9,10);3-4H,2,7H2,1H3;;2*1H/t6-;;3-;;;/m0.0.../s1. The van der Waals surface area contributed by atoms with Crippen LogP contribution in [0.2, 0.25) is 0 Å². The van der Waals surface area contributed by atoms with Gasteiger partial charge in [0.25, 0.3) is 0 Å². The molecule has 0 rings (SSSR count). The predicted molar refractivity (Wildman–Crippen MR) is 138 cm³/mol. The molecule has 5 N–H and O–H groups in total. The lowest BCUT2D eigenvalue weighted by Gasteiger charge is -2.21. The first-order valence-corrected chi connectivity index (χ1v) is 10.6. The minimum absolute atomic E-state index is 0. The third-order valence-corrected chi connectivity index (χ3v) is 2.33.